The average molecular weight is 536 g/mol. The van der Waals surface area contributed by atoms with E-state index >= 15 is 0 Å². The first kappa shape index (κ1) is 26.1. The van der Waals surface area contributed by atoms with E-state index in [1.165, 1.54) is 0 Å². The first-order chi connectivity index (χ1) is 18.3. The van der Waals surface area contributed by atoms with Gasteiger partial charge in [-0.15, -0.1) is 0 Å². The molecule has 3 aromatic heterocycles. The number of aromatic nitrogens is 3. The largest absolute Gasteiger partial charge is 0.497 e. The number of morpholine rings is 1. The first-order valence-electron chi connectivity index (χ1n) is 12.8. The third-order valence-corrected chi connectivity index (χ3v) is 8.05. The second-order valence-corrected chi connectivity index (χ2v) is 11.4. The van der Waals surface area contributed by atoms with Gasteiger partial charge in [0, 0.05) is 18.8 Å². The van der Waals surface area contributed by atoms with Crippen LogP contribution in [0.5, 0.6) is 5.75 Å². The number of methoxy groups -OCH3 is 1. The van der Waals surface area contributed by atoms with Crippen LogP contribution in [-0.2, 0) is 27.1 Å². The second-order valence-electron chi connectivity index (χ2n) is 9.56. The number of sulfonamides is 1. The van der Waals surface area contributed by atoms with Crippen molar-refractivity contribution in [2.24, 2.45) is 0 Å². The fourth-order valence-corrected chi connectivity index (χ4v) is 5.82. The zero-order valence-corrected chi connectivity index (χ0v) is 22.7. The molecule has 1 aliphatic heterocycles. The fourth-order valence-electron chi connectivity index (χ4n) is 4.72. The molecular formula is C28H33N5O4S. The zero-order valence-electron chi connectivity index (χ0n) is 21.9. The Balaban J connectivity index is 1.46. The number of ether oxygens (including phenoxy) is 2. The van der Waals surface area contributed by atoms with Gasteiger partial charge in [0.2, 0.25) is 10.0 Å². The van der Waals surface area contributed by atoms with Gasteiger partial charge in [-0.05, 0) is 66.9 Å². The summed E-state index contributed by atoms with van der Waals surface area (Å²) >= 11 is 0. The molecule has 10 heteroatoms. The van der Waals surface area contributed by atoms with Crippen LogP contribution in [0.15, 0.2) is 54.6 Å². The molecule has 1 aliphatic rings. The Hall–Kier alpha value is -3.47. The number of benzene rings is 1. The molecule has 1 saturated heterocycles. The Morgan fingerprint density at radius 1 is 1.08 bits per heavy atom. The van der Waals surface area contributed by atoms with Gasteiger partial charge < -0.3 is 19.4 Å². The van der Waals surface area contributed by atoms with Crippen molar-refractivity contribution in [2.45, 2.75) is 38.6 Å². The summed E-state index contributed by atoms with van der Waals surface area (Å²) in [5.41, 5.74) is 5.67. The lowest BCUT2D eigenvalue weighted by molar-refractivity contribution is 0.0926. The maximum atomic E-state index is 13.1. The highest BCUT2D eigenvalue weighted by Gasteiger charge is 2.24. The van der Waals surface area contributed by atoms with Gasteiger partial charge >= 0.3 is 0 Å². The third-order valence-electron chi connectivity index (χ3n) is 6.75. The van der Waals surface area contributed by atoms with Crippen molar-refractivity contribution in [3.63, 3.8) is 0 Å². The number of hydrogen-bond donors (Lipinski definition) is 2. The summed E-state index contributed by atoms with van der Waals surface area (Å²) in [6, 6.07) is 17.1. The number of nitrogens with zero attached hydrogens (tertiary/aromatic N) is 3. The summed E-state index contributed by atoms with van der Waals surface area (Å²) in [5.74, 6) is 1.30. The molecule has 9 nitrogen and oxygen atoms in total. The lowest BCUT2D eigenvalue weighted by Gasteiger charge is -2.36. The van der Waals surface area contributed by atoms with Crippen LogP contribution in [0.2, 0.25) is 0 Å². The van der Waals surface area contributed by atoms with Crippen molar-refractivity contribution >= 4 is 26.9 Å². The number of aryl methyl sites for hydroxylation is 1. The van der Waals surface area contributed by atoms with Crippen LogP contribution >= 0.6 is 0 Å². The Kier molecular flexibility index (Phi) is 7.64. The van der Waals surface area contributed by atoms with Gasteiger partial charge in [0.05, 0.1) is 54.5 Å². The van der Waals surface area contributed by atoms with E-state index in [0.29, 0.717) is 36.7 Å². The van der Waals surface area contributed by atoms with Crippen LogP contribution in [0, 0.1) is 6.92 Å². The van der Waals surface area contributed by atoms with E-state index in [-0.39, 0.29) is 18.3 Å². The van der Waals surface area contributed by atoms with Crippen molar-refractivity contribution in [3.8, 4) is 17.1 Å². The van der Waals surface area contributed by atoms with E-state index in [0.717, 1.165) is 40.3 Å². The van der Waals surface area contributed by atoms with E-state index < -0.39 is 10.0 Å². The van der Waals surface area contributed by atoms with Gasteiger partial charge in [-0.25, -0.2) is 23.1 Å². The number of H-pyrrole nitrogens is 1. The number of fused-ring (bicyclic) bond motifs is 1. The minimum atomic E-state index is -3.62. The van der Waals surface area contributed by atoms with Gasteiger partial charge in [0.15, 0.2) is 0 Å². The number of rotatable bonds is 9. The number of pyridine rings is 2. The third kappa shape index (κ3) is 5.98. The molecule has 38 heavy (non-hydrogen) atoms. The molecule has 5 rings (SSSR count). The summed E-state index contributed by atoms with van der Waals surface area (Å²) < 4.78 is 39.8. The van der Waals surface area contributed by atoms with Crippen LogP contribution in [0.25, 0.3) is 22.4 Å². The summed E-state index contributed by atoms with van der Waals surface area (Å²) in [6.45, 7) is 6.22. The molecule has 0 unspecified atom stereocenters. The topological polar surface area (TPSA) is 109 Å². The maximum Gasteiger partial charge on any atom is 0.216 e. The second kappa shape index (κ2) is 11.1. The van der Waals surface area contributed by atoms with Crippen molar-refractivity contribution in [3.05, 3.63) is 71.4 Å². The normalized spacial score (nSPS) is 16.2. The van der Waals surface area contributed by atoms with Crippen molar-refractivity contribution in [2.75, 3.05) is 31.8 Å². The lowest BCUT2D eigenvalue weighted by Crippen LogP contribution is -2.45. The standard InChI is InChI=1S/C28H33N5O4S/c1-4-22-17-37-12-11-33(22)28-15-21(18-38(34,35)29-16-20-5-7-23(36-3)8-6-20)14-27(32-28)25-10-9-24-26(31-25)13-19(2)30-24/h5-10,13-15,22,29-30H,4,11-12,16-18H2,1-3H3/t22-/m0/s1. The van der Waals surface area contributed by atoms with Crippen LogP contribution in [0.1, 0.15) is 30.2 Å². The van der Waals surface area contributed by atoms with Crippen molar-refractivity contribution in [1.82, 2.24) is 19.7 Å². The Labute approximate surface area is 223 Å². The molecule has 0 spiro atoms. The highest BCUT2D eigenvalue weighted by atomic mass is 32.2. The first-order valence-corrected chi connectivity index (χ1v) is 14.4. The van der Waals surface area contributed by atoms with E-state index in [2.05, 4.69) is 21.5 Å². The molecule has 0 amide bonds. The Morgan fingerprint density at radius 2 is 1.89 bits per heavy atom. The molecule has 200 valence electrons. The van der Waals surface area contributed by atoms with Crippen LogP contribution in [0.4, 0.5) is 5.82 Å². The summed E-state index contributed by atoms with van der Waals surface area (Å²) in [7, 11) is -2.02. The monoisotopic (exact) mass is 535 g/mol. The number of nitrogens with one attached hydrogen (secondary N) is 2. The van der Waals surface area contributed by atoms with Crippen LogP contribution in [-0.4, -0.2) is 56.3 Å². The van der Waals surface area contributed by atoms with E-state index in [1.807, 2.05) is 61.5 Å². The summed E-state index contributed by atoms with van der Waals surface area (Å²) in [6.07, 6.45) is 0.899. The molecule has 1 fully saturated rings. The van der Waals surface area contributed by atoms with Crippen LogP contribution in [0.3, 0.4) is 0 Å². The molecule has 4 heterocycles. The van der Waals surface area contributed by atoms with E-state index in [4.69, 9.17) is 19.4 Å². The molecule has 0 saturated carbocycles. The predicted octanol–water partition coefficient (Wildman–Crippen LogP) is 4.18. The van der Waals surface area contributed by atoms with Gasteiger partial charge in [0.25, 0.3) is 0 Å². The van der Waals surface area contributed by atoms with Gasteiger partial charge in [-0.3, -0.25) is 0 Å². The van der Waals surface area contributed by atoms with Crippen molar-refractivity contribution < 1.29 is 17.9 Å². The number of hydrogen-bond acceptors (Lipinski definition) is 7. The number of anilines is 1. The molecular weight excluding hydrogens is 502 g/mol. The van der Waals surface area contributed by atoms with Gasteiger partial charge in [-0.1, -0.05) is 19.1 Å². The summed E-state index contributed by atoms with van der Waals surface area (Å²) in [5, 5.41) is 0. The Bertz CT molecular complexity index is 1520. The Morgan fingerprint density at radius 3 is 2.66 bits per heavy atom. The molecule has 4 aromatic rings. The molecule has 0 aliphatic carbocycles. The van der Waals surface area contributed by atoms with Gasteiger partial charge in [-0.2, -0.15) is 0 Å². The summed E-state index contributed by atoms with van der Waals surface area (Å²) in [4.78, 5) is 15.3. The minimum Gasteiger partial charge on any atom is -0.497 e. The van der Waals surface area contributed by atoms with Gasteiger partial charge in [0.1, 0.15) is 11.6 Å². The quantitative estimate of drug-likeness (QED) is 0.331. The number of aromatic amines is 1. The molecule has 0 radical (unpaired) electrons. The minimum absolute atomic E-state index is 0.168. The van der Waals surface area contributed by atoms with Crippen LogP contribution < -0.4 is 14.4 Å². The lowest BCUT2D eigenvalue weighted by atomic mass is 10.1. The van der Waals surface area contributed by atoms with E-state index in [1.54, 1.807) is 7.11 Å². The molecule has 1 aromatic carbocycles. The molecule has 0 bridgehead atoms. The zero-order chi connectivity index (χ0) is 26.7. The molecule has 1 atom stereocenters. The fraction of sp³-hybridized carbons (Fsp3) is 0.357. The highest BCUT2D eigenvalue weighted by Crippen LogP contribution is 2.27. The van der Waals surface area contributed by atoms with E-state index in [9.17, 15) is 8.42 Å². The smallest absolute Gasteiger partial charge is 0.216 e. The SMILES string of the molecule is CC[C@H]1COCCN1c1cc(CS(=O)(=O)NCc2ccc(OC)cc2)cc(-c2ccc3[nH]c(C)cc3n2)n1. The van der Waals surface area contributed by atoms with Crippen molar-refractivity contribution in [1.29, 1.82) is 0 Å². The average Bonchev–Trinajstić information content (AvgIpc) is 3.31. The highest BCUT2D eigenvalue weighted by molar-refractivity contribution is 7.88. The maximum absolute atomic E-state index is 13.1. The molecule has 2 N–H and O–H groups in total. The predicted molar refractivity (Wildman–Crippen MR) is 149 cm³/mol.